The second kappa shape index (κ2) is 7.49. The molecule has 0 spiro atoms. The van der Waals surface area contributed by atoms with Gasteiger partial charge in [-0.05, 0) is 40.1 Å². The Labute approximate surface area is 146 Å². The minimum Gasteiger partial charge on any atom is -0.453 e. The molecule has 9 heteroatoms. The molecule has 1 amide bonds. The summed E-state index contributed by atoms with van der Waals surface area (Å²) in [6, 6.07) is 10.6. The molecular formula is C16H13N5O3S. The summed E-state index contributed by atoms with van der Waals surface area (Å²) in [4.78, 5) is 24.8. The number of nitrogens with one attached hydrogen (secondary N) is 1. The SMILES string of the molecule is COC(=O)Nc1ccccc1-c1nnnn1C(=O)C=Cc1cccs1. The van der Waals surface area contributed by atoms with Gasteiger partial charge in [0.2, 0.25) is 0 Å². The lowest BCUT2D eigenvalue weighted by Gasteiger charge is -2.09. The lowest BCUT2D eigenvalue weighted by Crippen LogP contribution is -2.14. The topological polar surface area (TPSA) is 99.0 Å². The van der Waals surface area contributed by atoms with E-state index < -0.39 is 12.0 Å². The Hall–Kier alpha value is -3.33. The molecule has 2 aromatic heterocycles. The third-order valence-electron chi connectivity index (χ3n) is 3.20. The number of tetrazole rings is 1. The summed E-state index contributed by atoms with van der Waals surface area (Å²) in [5, 5.41) is 15.7. The first-order valence-electron chi connectivity index (χ1n) is 7.17. The van der Waals surface area contributed by atoms with Crippen LogP contribution >= 0.6 is 11.3 Å². The standard InChI is InChI=1S/C16H13N5O3S/c1-24-16(23)17-13-7-3-2-6-12(13)15-18-19-20-21(15)14(22)9-8-11-5-4-10-25-11/h2-10H,1H3,(H,17,23). The van der Waals surface area contributed by atoms with Crippen molar-refractivity contribution in [3.05, 3.63) is 52.7 Å². The molecule has 0 bridgehead atoms. The van der Waals surface area contributed by atoms with Gasteiger partial charge in [-0.25, -0.2) is 4.79 Å². The molecule has 3 rings (SSSR count). The number of aromatic nitrogens is 4. The van der Waals surface area contributed by atoms with Crippen LogP contribution in [0, 0.1) is 0 Å². The number of para-hydroxylation sites is 1. The summed E-state index contributed by atoms with van der Waals surface area (Å²) in [6.45, 7) is 0. The molecule has 0 radical (unpaired) electrons. The highest BCUT2D eigenvalue weighted by Gasteiger charge is 2.17. The van der Waals surface area contributed by atoms with Crippen LogP contribution in [0.25, 0.3) is 17.5 Å². The summed E-state index contributed by atoms with van der Waals surface area (Å²) in [5.74, 6) is -0.186. The minimum absolute atomic E-state index is 0.216. The second-order valence-electron chi connectivity index (χ2n) is 4.76. The molecule has 0 aliphatic heterocycles. The van der Waals surface area contributed by atoms with Gasteiger partial charge in [0.25, 0.3) is 5.91 Å². The van der Waals surface area contributed by atoms with E-state index in [1.54, 1.807) is 30.3 Å². The molecule has 0 unspecified atom stereocenters. The van der Waals surface area contributed by atoms with Gasteiger partial charge < -0.3 is 4.74 Å². The zero-order valence-corrected chi connectivity index (χ0v) is 13.9. The Kier molecular flexibility index (Phi) is 4.95. The van der Waals surface area contributed by atoms with Crippen LogP contribution in [0.4, 0.5) is 10.5 Å². The maximum Gasteiger partial charge on any atom is 0.411 e. The Morgan fingerprint density at radius 2 is 2.08 bits per heavy atom. The molecule has 0 fully saturated rings. The first-order valence-corrected chi connectivity index (χ1v) is 8.05. The van der Waals surface area contributed by atoms with Crippen molar-refractivity contribution in [3.63, 3.8) is 0 Å². The highest BCUT2D eigenvalue weighted by atomic mass is 32.1. The Bertz CT molecular complexity index is 918. The molecule has 1 aromatic carbocycles. The largest absolute Gasteiger partial charge is 0.453 e. The summed E-state index contributed by atoms with van der Waals surface area (Å²) in [7, 11) is 1.26. The van der Waals surface area contributed by atoms with Gasteiger partial charge in [0.1, 0.15) is 0 Å². The normalized spacial score (nSPS) is 10.8. The predicted octanol–water partition coefficient (Wildman–Crippen LogP) is 2.93. The second-order valence-corrected chi connectivity index (χ2v) is 5.74. The van der Waals surface area contributed by atoms with Crippen LogP contribution in [0.2, 0.25) is 0 Å². The van der Waals surface area contributed by atoms with Gasteiger partial charge in [0.15, 0.2) is 5.82 Å². The number of rotatable bonds is 4. The van der Waals surface area contributed by atoms with Gasteiger partial charge in [-0.3, -0.25) is 10.1 Å². The minimum atomic E-state index is -0.629. The molecule has 0 saturated heterocycles. The van der Waals surface area contributed by atoms with Crippen molar-refractivity contribution in [2.24, 2.45) is 0 Å². The fraction of sp³-hybridized carbons (Fsp3) is 0.0625. The fourth-order valence-electron chi connectivity index (χ4n) is 2.06. The molecular weight excluding hydrogens is 342 g/mol. The number of thiophene rings is 1. The number of anilines is 1. The summed E-state index contributed by atoms with van der Waals surface area (Å²) in [6.07, 6.45) is 2.45. The zero-order chi connectivity index (χ0) is 17.6. The Morgan fingerprint density at radius 1 is 1.24 bits per heavy atom. The van der Waals surface area contributed by atoms with Gasteiger partial charge in [0, 0.05) is 16.5 Å². The van der Waals surface area contributed by atoms with Crippen LogP contribution in [0.3, 0.4) is 0 Å². The number of methoxy groups -OCH3 is 1. The van der Waals surface area contributed by atoms with Gasteiger partial charge in [-0.15, -0.1) is 16.4 Å². The van der Waals surface area contributed by atoms with E-state index in [4.69, 9.17) is 0 Å². The number of nitrogens with zero attached hydrogens (tertiary/aromatic N) is 4. The average molecular weight is 355 g/mol. The highest BCUT2D eigenvalue weighted by Crippen LogP contribution is 2.25. The highest BCUT2D eigenvalue weighted by molar-refractivity contribution is 7.10. The molecule has 0 aliphatic carbocycles. The van der Waals surface area contributed by atoms with Crippen molar-refractivity contribution in [2.45, 2.75) is 0 Å². The van der Waals surface area contributed by atoms with E-state index in [-0.39, 0.29) is 5.82 Å². The van der Waals surface area contributed by atoms with E-state index in [2.05, 4.69) is 25.6 Å². The molecule has 2 heterocycles. The van der Waals surface area contributed by atoms with Crippen LogP contribution in [0.5, 0.6) is 0 Å². The Balaban J connectivity index is 1.92. The van der Waals surface area contributed by atoms with Crippen LogP contribution in [-0.4, -0.2) is 39.3 Å². The van der Waals surface area contributed by atoms with Gasteiger partial charge in [-0.2, -0.15) is 4.68 Å². The summed E-state index contributed by atoms with van der Waals surface area (Å²) >= 11 is 1.51. The molecule has 8 nitrogen and oxygen atoms in total. The average Bonchev–Trinajstić information content (AvgIpc) is 3.31. The van der Waals surface area contributed by atoms with Gasteiger partial charge in [0.05, 0.1) is 12.8 Å². The summed E-state index contributed by atoms with van der Waals surface area (Å²) < 4.78 is 5.67. The van der Waals surface area contributed by atoms with Crippen molar-refractivity contribution < 1.29 is 14.3 Å². The monoisotopic (exact) mass is 355 g/mol. The van der Waals surface area contributed by atoms with E-state index in [1.807, 2.05) is 17.5 Å². The lowest BCUT2D eigenvalue weighted by atomic mass is 10.1. The van der Waals surface area contributed by atoms with Crippen molar-refractivity contribution in [3.8, 4) is 11.4 Å². The number of hydrogen-bond acceptors (Lipinski definition) is 7. The van der Waals surface area contributed by atoms with Gasteiger partial charge in [-0.1, -0.05) is 18.2 Å². The first kappa shape index (κ1) is 16.5. The molecule has 0 aliphatic rings. The van der Waals surface area contributed by atoms with E-state index in [9.17, 15) is 9.59 Å². The molecule has 1 N–H and O–H groups in total. The smallest absolute Gasteiger partial charge is 0.411 e. The number of hydrogen-bond donors (Lipinski definition) is 1. The van der Waals surface area contributed by atoms with Crippen molar-refractivity contribution in [2.75, 3.05) is 12.4 Å². The van der Waals surface area contributed by atoms with Crippen LogP contribution in [0.1, 0.15) is 9.67 Å². The number of benzene rings is 1. The number of ether oxygens (including phenoxy) is 1. The van der Waals surface area contributed by atoms with Crippen LogP contribution < -0.4 is 5.32 Å². The molecule has 0 saturated carbocycles. The number of allylic oxidation sites excluding steroid dienone is 1. The summed E-state index contributed by atoms with van der Waals surface area (Å²) in [5.41, 5.74) is 0.927. The van der Waals surface area contributed by atoms with Gasteiger partial charge >= 0.3 is 6.09 Å². The molecule has 126 valence electrons. The van der Waals surface area contributed by atoms with Crippen molar-refractivity contribution >= 4 is 35.1 Å². The maximum absolute atomic E-state index is 12.4. The third kappa shape index (κ3) is 3.78. The number of carbonyl (C=O) groups excluding carboxylic acids is 2. The fourth-order valence-corrected chi connectivity index (χ4v) is 2.68. The number of carbonyl (C=O) groups is 2. The van der Waals surface area contributed by atoms with E-state index >= 15 is 0 Å². The predicted molar refractivity (Wildman–Crippen MR) is 93.3 cm³/mol. The van der Waals surface area contributed by atoms with E-state index in [0.717, 1.165) is 9.56 Å². The van der Waals surface area contributed by atoms with Crippen LogP contribution in [-0.2, 0) is 4.74 Å². The Morgan fingerprint density at radius 3 is 2.84 bits per heavy atom. The lowest BCUT2D eigenvalue weighted by molar-refractivity contribution is 0.0955. The van der Waals surface area contributed by atoms with Crippen LogP contribution in [0.15, 0.2) is 47.9 Å². The molecule has 3 aromatic rings. The van der Waals surface area contributed by atoms with Crippen molar-refractivity contribution in [1.82, 2.24) is 20.2 Å². The maximum atomic E-state index is 12.4. The quantitative estimate of drug-likeness (QED) is 0.571. The molecule has 25 heavy (non-hydrogen) atoms. The van der Waals surface area contributed by atoms with E-state index in [0.29, 0.717) is 11.3 Å². The molecule has 0 atom stereocenters. The van der Waals surface area contributed by atoms with Crippen molar-refractivity contribution in [1.29, 1.82) is 0 Å². The zero-order valence-electron chi connectivity index (χ0n) is 13.1. The number of amides is 1. The third-order valence-corrected chi connectivity index (χ3v) is 4.04. The first-order chi connectivity index (χ1) is 12.2. The van der Waals surface area contributed by atoms with E-state index in [1.165, 1.54) is 24.5 Å².